The molecular formula is C16H15N3O4S. The Morgan fingerprint density at radius 1 is 1.12 bits per heavy atom. The van der Waals surface area contributed by atoms with Gasteiger partial charge in [-0.25, -0.2) is 13.4 Å². The minimum absolute atomic E-state index is 0.808. The molecule has 24 heavy (non-hydrogen) atoms. The van der Waals surface area contributed by atoms with Crippen LogP contribution >= 0.6 is 0 Å². The molecular weight excluding hydrogens is 330 g/mol. The Kier molecular flexibility index (Phi) is 4.18. The summed E-state index contributed by atoms with van der Waals surface area (Å²) in [5.74, 6) is 0. The molecule has 0 saturated carbocycles. The Morgan fingerprint density at radius 2 is 1.79 bits per heavy atom. The van der Waals surface area contributed by atoms with Crippen molar-refractivity contribution in [2.24, 2.45) is 7.05 Å². The van der Waals surface area contributed by atoms with Gasteiger partial charge in [0.15, 0.2) is 12.7 Å². The lowest BCUT2D eigenvalue weighted by Crippen LogP contribution is -2.28. The summed E-state index contributed by atoms with van der Waals surface area (Å²) in [6, 6.07) is 14.8. The molecule has 0 atom stereocenters. The lowest BCUT2D eigenvalue weighted by molar-refractivity contribution is -0.724. The van der Waals surface area contributed by atoms with Crippen LogP contribution in [-0.4, -0.2) is 30.2 Å². The number of fused-ring (bicyclic) bond motifs is 4. The van der Waals surface area contributed by atoms with Gasteiger partial charge in [0.2, 0.25) is 16.6 Å². The zero-order valence-electron chi connectivity index (χ0n) is 13.1. The average Bonchev–Trinajstić information content (AvgIpc) is 2.91. The van der Waals surface area contributed by atoms with E-state index in [0.29, 0.717) is 0 Å². The van der Waals surface area contributed by atoms with Crippen molar-refractivity contribution in [2.45, 2.75) is 0 Å². The van der Waals surface area contributed by atoms with E-state index < -0.39 is 10.4 Å². The summed E-state index contributed by atoms with van der Waals surface area (Å²) in [6.07, 6.45) is 2.05. The highest BCUT2D eigenvalue weighted by molar-refractivity contribution is 7.80. The highest BCUT2D eigenvalue weighted by Crippen LogP contribution is 2.25. The lowest BCUT2D eigenvalue weighted by atomic mass is 10.1. The first-order valence-electron chi connectivity index (χ1n) is 7.06. The molecule has 0 aliphatic carbocycles. The summed E-state index contributed by atoms with van der Waals surface area (Å²) in [4.78, 5) is 4.75. The van der Waals surface area contributed by atoms with Gasteiger partial charge >= 0.3 is 0 Å². The molecule has 2 heterocycles. The summed E-state index contributed by atoms with van der Waals surface area (Å²) < 4.78 is 33.0. The van der Waals surface area contributed by atoms with Gasteiger partial charge in [-0.05, 0) is 11.5 Å². The number of hydrogen-bond donors (Lipinski definition) is 1. The van der Waals surface area contributed by atoms with Gasteiger partial charge in [0.25, 0.3) is 0 Å². The number of H-pyrrole nitrogens is 1. The van der Waals surface area contributed by atoms with Crippen LogP contribution in [0.15, 0.2) is 48.7 Å². The van der Waals surface area contributed by atoms with Gasteiger partial charge in [-0.1, -0.05) is 36.4 Å². The Bertz CT molecular complexity index is 1140. The van der Waals surface area contributed by atoms with Crippen molar-refractivity contribution >= 4 is 43.1 Å². The van der Waals surface area contributed by atoms with Gasteiger partial charge in [-0.3, -0.25) is 4.18 Å². The van der Waals surface area contributed by atoms with E-state index >= 15 is 0 Å². The quantitative estimate of drug-likeness (QED) is 0.245. The molecule has 0 spiro atoms. The van der Waals surface area contributed by atoms with E-state index in [4.69, 9.17) is 4.98 Å². The standard InChI is InChI=1S/C15H11N3.CH4O4S/c1-18-9-12-8-11-7-6-10-4-2-3-5-13(10)14(11)16-15(12)17-18;1-5-6(2,3)4/h2-9H,1H3;1H3,(H,2,3,4). The molecule has 0 aliphatic rings. The fourth-order valence-corrected chi connectivity index (χ4v) is 2.52. The Hall–Kier alpha value is -2.55. The van der Waals surface area contributed by atoms with Crippen molar-refractivity contribution in [1.29, 1.82) is 0 Å². The normalized spacial score (nSPS) is 11.6. The molecule has 0 unspecified atom stereocenters. The monoisotopic (exact) mass is 345 g/mol. The minimum atomic E-state index is -4.41. The number of nitrogens with one attached hydrogen (secondary N) is 1. The summed E-state index contributed by atoms with van der Waals surface area (Å²) in [5, 5.41) is 7.97. The largest absolute Gasteiger partial charge is 0.726 e. The molecule has 0 bridgehead atoms. The van der Waals surface area contributed by atoms with Crippen LogP contribution < -0.4 is 4.68 Å². The van der Waals surface area contributed by atoms with Crippen molar-refractivity contribution in [3.63, 3.8) is 0 Å². The minimum Gasteiger partial charge on any atom is -0.726 e. The third-order valence-corrected chi connectivity index (χ3v) is 3.97. The van der Waals surface area contributed by atoms with Gasteiger partial charge in [0.1, 0.15) is 0 Å². The van der Waals surface area contributed by atoms with Crippen molar-refractivity contribution in [1.82, 2.24) is 10.1 Å². The number of nitrogens with zero attached hydrogens (tertiary/aromatic N) is 2. The molecule has 2 aromatic carbocycles. The molecule has 8 heteroatoms. The Balaban J connectivity index is 0.000000246. The molecule has 124 valence electrons. The number of aromatic amines is 1. The molecule has 7 nitrogen and oxygen atoms in total. The van der Waals surface area contributed by atoms with E-state index in [9.17, 15) is 13.0 Å². The molecule has 1 N–H and O–H groups in total. The predicted octanol–water partition coefficient (Wildman–Crippen LogP) is 1.79. The first kappa shape index (κ1) is 16.3. The van der Waals surface area contributed by atoms with Gasteiger partial charge in [0, 0.05) is 10.8 Å². The van der Waals surface area contributed by atoms with E-state index in [1.54, 1.807) is 0 Å². The zero-order valence-corrected chi connectivity index (χ0v) is 13.9. The van der Waals surface area contributed by atoms with Crippen LogP contribution in [0.4, 0.5) is 0 Å². The highest BCUT2D eigenvalue weighted by atomic mass is 32.3. The number of aryl methyl sites for hydroxylation is 1. The first-order valence-corrected chi connectivity index (χ1v) is 8.39. The fourth-order valence-electron chi connectivity index (χ4n) is 2.52. The third kappa shape index (κ3) is 3.35. The summed E-state index contributed by atoms with van der Waals surface area (Å²) in [5.41, 5.74) is 1.99. The number of aromatic nitrogens is 3. The first-order chi connectivity index (χ1) is 11.4. The predicted molar refractivity (Wildman–Crippen MR) is 89.0 cm³/mol. The van der Waals surface area contributed by atoms with Gasteiger partial charge < -0.3 is 4.55 Å². The second kappa shape index (κ2) is 6.16. The molecule has 2 aromatic heterocycles. The smallest absolute Gasteiger partial charge is 0.217 e. The Labute approximate surface area is 138 Å². The van der Waals surface area contributed by atoms with Crippen molar-refractivity contribution < 1.29 is 21.8 Å². The van der Waals surface area contributed by atoms with E-state index in [2.05, 4.69) is 57.9 Å². The van der Waals surface area contributed by atoms with Crippen LogP contribution in [0.25, 0.3) is 32.7 Å². The van der Waals surface area contributed by atoms with Crippen molar-refractivity contribution in [2.75, 3.05) is 7.11 Å². The number of benzene rings is 2. The second-order valence-corrected chi connectivity index (χ2v) is 6.36. The lowest BCUT2D eigenvalue weighted by Gasteiger charge is -2.02. The van der Waals surface area contributed by atoms with Gasteiger partial charge in [-0.15, -0.1) is 9.78 Å². The summed E-state index contributed by atoms with van der Waals surface area (Å²) >= 11 is 0. The van der Waals surface area contributed by atoms with Crippen molar-refractivity contribution in [3.8, 4) is 0 Å². The van der Waals surface area contributed by atoms with Crippen LogP contribution in [0.5, 0.6) is 0 Å². The maximum Gasteiger partial charge on any atom is 0.217 e. The molecule has 4 rings (SSSR count). The van der Waals surface area contributed by atoms with Crippen LogP contribution in [0.1, 0.15) is 0 Å². The van der Waals surface area contributed by atoms with Crippen LogP contribution in [-0.2, 0) is 21.6 Å². The van der Waals surface area contributed by atoms with Crippen LogP contribution in [0.2, 0.25) is 0 Å². The average molecular weight is 345 g/mol. The third-order valence-electron chi connectivity index (χ3n) is 3.56. The highest BCUT2D eigenvalue weighted by Gasteiger charge is 2.08. The fraction of sp³-hybridized carbons (Fsp3) is 0.125. The van der Waals surface area contributed by atoms with Gasteiger partial charge in [0.05, 0.1) is 18.0 Å². The molecule has 0 aliphatic heterocycles. The molecule has 0 fully saturated rings. The van der Waals surface area contributed by atoms with Crippen LogP contribution in [0, 0.1) is 0 Å². The number of rotatable bonds is 1. The molecule has 0 radical (unpaired) electrons. The maximum atomic E-state index is 9.22. The van der Waals surface area contributed by atoms with Crippen LogP contribution in [0.3, 0.4) is 0 Å². The second-order valence-electron chi connectivity index (χ2n) is 5.21. The van der Waals surface area contributed by atoms with E-state index in [0.717, 1.165) is 23.7 Å². The van der Waals surface area contributed by atoms with Crippen molar-refractivity contribution in [3.05, 3.63) is 48.7 Å². The van der Waals surface area contributed by atoms with Gasteiger partial charge in [-0.2, -0.15) is 0 Å². The van der Waals surface area contributed by atoms with E-state index in [1.165, 1.54) is 16.2 Å². The van der Waals surface area contributed by atoms with E-state index in [-0.39, 0.29) is 0 Å². The molecule has 0 saturated heterocycles. The molecule has 0 amide bonds. The molecule has 4 aromatic rings. The topological polar surface area (TPSA) is 99.0 Å². The summed E-state index contributed by atoms with van der Waals surface area (Å²) in [7, 11) is -1.63. The Morgan fingerprint density at radius 3 is 2.50 bits per heavy atom. The maximum absolute atomic E-state index is 9.22. The SMILES string of the molecule is COS(=O)(=O)[O-].C[n+]1cc2cc3ccc4ccccc4c3nc2[nH]1. The van der Waals surface area contributed by atoms with E-state index in [1.807, 2.05) is 11.7 Å². The number of hydrogen-bond acceptors (Lipinski definition) is 5. The zero-order chi connectivity index (χ0) is 17.3. The summed E-state index contributed by atoms with van der Waals surface area (Å²) in [6.45, 7) is 0. The number of pyridine rings is 1.